The van der Waals surface area contributed by atoms with Gasteiger partial charge in [-0.1, -0.05) is 12.1 Å². The third-order valence-corrected chi connectivity index (χ3v) is 3.07. The van der Waals surface area contributed by atoms with Gasteiger partial charge in [0.25, 0.3) is 0 Å². The number of rotatable bonds is 1. The molecule has 2 aromatic heterocycles. The maximum Gasteiger partial charge on any atom is 0.132 e. The average molecular weight is 264 g/mol. The highest BCUT2D eigenvalue weighted by molar-refractivity contribution is 5.96. The van der Waals surface area contributed by atoms with E-state index in [0.29, 0.717) is 10.9 Å². The zero-order chi connectivity index (χ0) is 14.1. The lowest BCUT2D eigenvalue weighted by Gasteiger charge is -2.10. The molecule has 3 rings (SSSR count). The fourth-order valence-corrected chi connectivity index (χ4v) is 2.10. The van der Waals surface area contributed by atoms with Gasteiger partial charge in [-0.25, -0.2) is 9.37 Å². The number of halogens is 1. The summed E-state index contributed by atoms with van der Waals surface area (Å²) >= 11 is 0. The smallest absolute Gasteiger partial charge is 0.132 e. The summed E-state index contributed by atoms with van der Waals surface area (Å²) in [6.07, 6.45) is 3.11. The Bertz CT molecular complexity index is 852. The molecule has 0 saturated carbocycles. The first-order valence-corrected chi connectivity index (χ1v) is 5.90. The first kappa shape index (κ1) is 12.1. The second-order valence-corrected chi connectivity index (χ2v) is 4.23. The Kier molecular flexibility index (Phi) is 2.77. The summed E-state index contributed by atoms with van der Waals surface area (Å²) in [6, 6.07) is 9.85. The Hall–Kier alpha value is -3.00. The molecule has 20 heavy (non-hydrogen) atoms. The van der Waals surface area contributed by atoms with Crippen LogP contribution in [-0.2, 0) is 0 Å². The minimum atomic E-state index is -0.445. The summed E-state index contributed by atoms with van der Waals surface area (Å²) in [5.74, 6) is -0.445. The second-order valence-electron chi connectivity index (χ2n) is 4.23. The van der Waals surface area contributed by atoms with Crippen LogP contribution in [0.4, 0.5) is 10.1 Å². The Labute approximate surface area is 114 Å². The fourth-order valence-electron chi connectivity index (χ4n) is 2.10. The third-order valence-electron chi connectivity index (χ3n) is 3.07. The third kappa shape index (κ3) is 1.75. The molecule has 0 aliphatic carbocycles. The van der Waals surface area contributed by atoms with Crippen LogP contribution in [0.15, 0.2) is 42.7 Å². The molecule has 0 atom stereocenters. The number of aromatic nitrogens is 2. The zero-order valence-corrected chi connectivity index (χ0v) is 10.3. The molecule has 0 aliphatic rings. The quantitative estimate of drug-likeness (QED) is 0.733. The number of nitrogens with two attached hydrogens (primary N) is 1. The van der Waals surface area contributed by atoms with Gasteiger partial charge in [-0.3, -0.25) is 4.98 Å². The number of benzene rings is 1. The van der Waals surface area contributed by atoms with Gasteiger partial charge in [-0.2, -0.15) is 5.26 Å². The lowest BCUT2D eigenvalue weighted by molar-refractivity contribution is 0.631. The van der Waals surface area contributed by atoms with E-state index in [2.05, 4.69) is 9.97 Å². The van der Waals surface area contributed by atoms with Crippen molar-refractivity contribution in [2.24, 2.45) is 0 Å². The van der Waals surface area contributed by atoms with Crippen LogP contribution in [0.5, 0.6) is 0 Å². The predicted molar refractivity (Wildman–Crippen MR) is 74.1 cm³/mol. The van der Waals surface area contributed by atoms with Gasteiger partial charge < -0.3 is 5.73 Å². The van der Waals surface area contributed by atoms with Crippen molar-refractivity contribution in [1.29, 1.82) is 5.26 Å². The van der Waals surface area contributed by atoms with E-state index >= 15 is 0 Å². The van der Waals surface area contributed by atoms with Crippen molar-refractivity contribution < 1.29 is 4.39 Å². The minimum absolute atomic E-state index is 0.175. The van der Waals surface area contributed by atoms with Gasteiger partial charge in [0.1, 0.15) is 17.4 Å². The molecule has 0 aliphatic heterocycles. The molecular formula is C15H9FN4. The Morgan fingerprint density at radius 3 is 2.75 bits per heavy atom. The van der Waals surface area contributed by atoms with Gasteiger partial charge in [0.05, 0.1) is 23.1 Å². The van der Waals surface area contributed by atoms with Crippen molar-refractivity contribution in [3.05, 3.63) is 54.1 Å². The summed E-state index contributed by atoms with van der Waals surface area (Å²) < 4.78 is 13.9. The standard InChI is InChI=1S/C15H9FN4/c16-12-4-2-1-3-9(12)15-11(7-17)14(18)10-5-6-19-8-13(10)20-15/h1-6,8H,(H2,18,20). The van der Waals surface area contributed by atoms with Crippen molar-refractivity contribution in [1.82, 2.24) is 9.97 Å². The van der Waals surface area contributed by atoms with Gasteiger partial charge in [0.15, 0.2) is 0 Å². The van der Waals surface area contributed by atoms with Gasteiger partial charge >= 0.3 is 0 Å². The lowest BCUT2D eigenvalue weighted by Crippen LogP contribution is -2.00. The molecule has 0 bridgehead atoms. The molecule has 0 amide bonds. The first-order chi connectivity index (χ1) is 9.72. The Balaban J connectivity index is 2.42. The summed E-state index contributed by atoms with van der Waals surface area (Å²) in [4.78, 5) is 8.30. The van der Waals surface area contributed by atoms with Crippen LogP contribution in [0, 0.1) is 17.1 Å². The minimum Gasteiger partial charge on any atom is -0.397 e. The highest BCUT2D eigenvalue weighted by atomic mass is 19.1. The topological polar surface area (TPSA) is 75.6 Å². The number of pyridine rings is 2. The fraction of sp³-hybridized carbons (Fsp3) is 0. The van der Waals surface area contributed by atoms with Crippen LogP contribution in [0.3, 0.4) is 0 Å². The first-order valence-electron chi connectivity index (χ1n) is 5.90. The molecule has 0 fully saturated rings. The maximum absolute atomic E-state index is 13.9. The van der Waals surface area contributed by atoms with Crippen molar-refractivity contribution >= 4 is 16.6 Å². The molecule has 2 N–H and O–H groups in total. The molecule has 0 saturated heterocycles. The van der Waals surface area contributed by atoms with E-state index in [0.717, 1.165) is 0 Å². The Morgan fingerprint density at radius 2 is 2.00 bits per heavy atom. The van der Waals surface area contributed by atoms with E-state index in [4.69, 9.17) is 5.73 Å². The van der Waals surface area contributed by atoms with E-state index in [1.54, 1.807) is 30.5 Å². The van der Waals surface area contributed by atoms with Crippen molar-refractivity contribution in [3.63, 3.8) is 0 Å². The van der Waals surface area contributed by atoms with Gasteiger partial charge in [-0.05, 0) is 18.2 Å². The largest absolute Gasteiger partial charge is 0.397 e. The van der Waals surface area contributed by atoms with Crippen LogP contribution < -0.4 is 5.73 Å². The van der Waals surface area contributed by atoms with Gasteiger partial charge in [0.2, 0.25) is 0 Å². The van der Waals surface area contributed by atoms with E-state index in [9.17, 15) is 9.65 Å². The van der Waals surface area contributed by atoms with Crippen LogP contribution in [-0.4, -0.2) is 9.97 Å². The average Bonchev–Trinajstić information content (AvgIpc) is 2.48. The van der Waals surface area contributed by atoms with Crippen LogP contribution >= 0.6 is 0 Å². The number of nitriles is 1. The highest BCUT2D eigenvalue weighted by Crippen LogP contribution is 2.32. The molecule has 4 nitrogen and oxygen atoms in total. The lowest BCUT2D eigenvalue weighted by atomic mass is 10.0. The monoisotopic (exact) mass is 264 g/mol. The summed E-state index contributed by atoms with van der Waals surface area (Å²) in [5, 5.41) is 9.94. The van der Waals surface area contributed by atoms with Crippen LogP contribution in [0.2, 0.25) is 0 Å². The number of fused-ring (bicyclic) bond motifs is 1. The van der Waals surface area contributed by atoms with E-state index < -0.39 is 5.82 Å². The maximum atomic E-state index is 13.9. The van der Waals surface area contributed by atoms with Crippen molar-refractivity contribution in [3.8, 4) is 17.3 Å². The number of nitrogen functional groups attached to an aromatic ring is 1. The number of hydrogen-bond acceptors (Lipinski definition) is 4. The molecule has 1 aromatic carbocycles. The van der Waals surface area contributed by atoms with Crippen molar-refractivity contribution in [2.45, 2.75) is 0 Å². The molecule has 96 valence electrons. The van der Waals surface area contributed by atoms with E-state index in [-0.39, 0.29) is 22.5 Å². The molecule has 3 aromatic rings. The molecule has 0 radical (unpaired) electrons. The highest BCUT2D eigenvalue weighted by Gasteiger charge is 2.16. The second kappa shape index (κ2) is 4.59. The van der Waals surface area contributed by atoms with Crippen LogP contribution in [0.25, 0.3) is 22.2 Å². The normalized spacial score (nSPS) is 10.4. The number of hydrogen-bond donors (Lipinski definition) is 1. The SMILES string of the molecule is N#Cc1c(-c2ccccc2F)nc2cnccc2c1N. The number of nitrogens with zero attached hydrogens (tertiary/aromatic N) is 3. The molecular weight excluding hydrogens is 255 g/mol. The molecule has 5 heteroatoms. The van der Waals surface area contributed by atoms with Crippen LogP contribution in [0.1, 0.15) is 5.56 Å². The zero-order valence-electron chi connectivity index (χ0n) is 10.3. The molecule has 2 heterocycles. The van der Waals surface area contributed by atoms with Crippen molar-refractivity contribution in [2.75, 3.05) is 5.73 Å². The van der Waals surface area contributed by atoms with Gasteiger partial charge in [-0.15, -0.1) is 0 Å². The number of anilines is 1. The molecule has 0 unspecified atom stereocenters. The molecule has 0 spiro atoms. The summed E-state index contributed by atoms with van der Waals surface area (Å²) in [7, 11) is 0. The summed E-state index contributed by atoms with van der Waals surface area (Å²) in [5.41, 5.74) is 7.49. The summed E-state index contributed by atoms with van der Waals surface area (Å²) in [6.45, 7) is 0. The van der Waals surface area contributed by atoms with E-state index in [1.807, 2.05) is 6.07 Å². The Morgan fingerprint density at radius 1 is 1.20 bits per heavy atom. The van der Waals surface area contributed by atoms with E-state index in [1.165, 1.54) is 12.3 Å². The predicted octanol–water partition coefficient (Wildman–Crippen LogP) is 2.89. The van der Waals surface area contributed by atoms with Gasteiger partial charge in [0, 0.05) is 17.1 Å².